The molecular weight excluding hydrogens is 386 g/mol. The van der Waals surface area contributed by atoms with Crippen molar-refractivity contribution in [2.45, 2.75) is 32.1 Å². The average molecular weight is 410 g/mol. The number of hydrogen-bond donors (Lipinski definition) is 1. The summed E-state index contributed by atoms with van der Waals surface area (Å²) in [4.78, 5) is 35.6. The summed E-state index contributed by atoms with van der Waals surface area (Å²) < 4.78 is 15.2. The number of esters is 1. The van der Waals surface area contributed by atoms with Gasteiger partial charge in [-0.2, -0.15) is 0 Å². The van der Waals surface area contributed by atoms with E-state index in [1.165, 1.54) is 20.3 Å². The second-order valence-electron chi connectivity index (χ2n) is 6.43. The molecule has 0 unspecified atom stereocenters. The number of imide groups is 1. The maximum atomic E-state index is 12.0. The van der Waals surface area contributed by atoms with Crippen molar-refractivity contribution in [3.05, 3.63) is 28.8 Å². The van der Waals surface area contributed by atoms with Crippen LogP contribution in [0.4, 0.5) is 0 Å². The maximum absolute atomic E-state index is 12.0. The first kappa shape index (κ1) is 21.8. The van der Waals surface area contributed by atoms with Crippen LogP contribution in [0.3, 0.4) is 0 Å². The predicted octanol–water partition coefficient (Wildman–Crippen LogP) is 3.14. The lowest BCUT2D eigenvalue weighted by Gasteiger charge is -2.20. The molecule has 0 atom stereocenters. The van der Waals surface area contributed by atoms with Gasteiger partial charge in [-0.25, -0.2) is 4.79 Å². The SMILES string of the molecule is COc1cc(/C=C/C(=O)OCC(=O)NC(=O)C2CCCCC2)cc(Cl)c1OC. The molecule has 0 aliphatic heterocycles. The lowest BCUT2D eigenvalue weighted by molar-refractivity contribution is -0.146. The van der Waals surface area contributed by atoms with Crippen molar-refractivity contribution < 1.29 is 28.6 Å². The van der Waals surface area contributed by atoms with Crippen LogP contribution in [-0.2, 0) is 19.1 Å². The van der Waals surface area contributed by atoms with Gasteiger partial charge >= 0.3 is 5.97 Å². The fraction of sp³-hybridized carbons (Fsp3) is 0.450. The lowest BCUT2D eigenvalue weighted by atomic mass is 9.89. The summed E-state index contributed by atoms with van der Waals surface area (Å²) in [6, 6.07) is 3.24. The first-order chi connectivity index (χ1) is 13.4. The second-order valence-corrected chi connectivity index (χ2v) is 6.83. The number of methoxy groups -OCH3 is 2. The fourth-order valence-electron chi connectivity index (χ4n) is 3.02. The van der Waals surface area contributed by atoms with Gasteiger partial charge in [-0.15, -0.1) is 0 Å². The highest BCUT2D eigenvalue weighted by molar-refractivity contribution is 6.32. The highest BCUT2D eigenvalue weighted by atomic mass is 35.5. The molecule has 2 rings (SSSR count). The lowest BCUT2D eigenvalue weighted by Crippen LogP contribution is -2.38. The smallest absolute Gasteiger partial charge is 0.331 e. The third-order valence-corrected chi connectivity index (χ3v) is 4.73. The van der Waals surface area contributed by atoms with Crippen LogP contribution in [0, 0.1) is 5.92 Å². The summed E-state index contributed by atoms with van der Waals surface area (Å²) in [6.07, 6.45) is 7.31. The molecule has 0 bridgehead atoms. The Hall–Kier alpha value is -2.54. The number of nitrogens with one attached hydrogen (secondary N) is 1. The zero-order valence-electron chi connectivity index (χ0n) is 16.0. The summed E-state index contributed by atoms with van der Waals surface area (Å²) >= 11 is 6.10. The van der Waals surface area contributed by atoms with E-state index in [2.05, 4.69) is 5.32 Å². The molecule has 0 spiro atoms. The number of benzene rings is 1. The number of amides is 2. The van der Waals surface area contributed by atoms with Crippen molar-refractivity contribution in [3.63, 3.8) is 0 Å². The van der Waals surface area contributed by atoms with E-state index in [9.17, 15) is 14.4 Å². The van der Waals surface area contributed by atoms with Crippen molar-refractivity contribution in [1.82, 2.24) is 5.32 Å². The second kappa shape index (κ2) is 10.7. The molecule has 0 saturated heterocycles. The Balaban J connectivity index is 1.84. The average Bonchev–Trinajstić information content (AvgIpc) is 2.70. The van der Waals surface area contributed by atoms with Gasteiger partial charge < -0.3 is 14.2 Å². The zero-order valence-corrected chi connectivity index (χ0v) is 16.7. The molecule has 1 aliphatic carbocycles. The largest absolute Gasteiger partial charge is 0.493 e. The predicted molar refractivity (Wildman–Crippen MR) is 104 cm³/mol. The van der Waals surface area contributed by atoms with E-state index >= 15 is 0 Å². The van der Waals surface area contributed by atoms with Crippen molar-refractivity contribution in [2.24, 2.45) is 5.92 Å². The van der Waals surface area contributed by atoms with Gasteiger partial charge in [0.15, 0.2) is 18.1 Å². The number of rotatable bonds is 7. The van der Waals surface area contributed by atoms with Crippen molar-refractivity contribution >= 4 is 35.5 Å². The molecule has 1 aromatic carbocycles. The standard InChI is InChI=1S/C20H24ClNO6/c1-26-16-11-13(10-15(21)19(16)27-2)8-9-18(24)28-12-17(23)22-20(25)14-6-4-3-5-7-14/h8-11,14H,3-7,12H2,1-2H3,(H,22,23,25)/b9-8+. The minimum Gasteiger partial charge on any atom is -0.493 e. The van der Waals surface area contributed by atoms with Gasteiger partial charge in [0, 0.05) is 12.0 Å². The van der Waals surface area contributed by atoms with Crippen LogP contribution in [0.25, 0.3) is 6.08 Å². The fourth-order valence-corrected chi connectivity index (χ4v) is 3.32. The van der Waals surface area contributed by atoms with Crippen LogP contribution in [0.5, 0.6) is 11.5 Å². The molecule has 7 nitrogen and oxygen atoms in total. The maximum Gasteiger partial charge on any atom is 0.331 e. The van der Waals surface area contributed by atoms with Gasteiger partial charge in [0.05, 0.1) is 19.2 Å². The molecule has 0 aromatic heterocycles. The minimum atomic E-state index is -0.717. The molecule has 0 radical (unpaired) electrons. The Morgan fingerprint density at radius 3 is 2.50 bits per heavy atom. The normalized spacial score (nSPS) is 14.5. The summed E-state index contributed by atoms with van der Waals surface area (Å²) in [5, 5.41) is 2.62. The topological polar surface area (TPSA) is 90.9 Å². The summed E-state index contributed by atoms with van der Waals surface area (Å²) in [5.41, 5.74) is 0.594. The summed E-state index contributed by atoms with van der Waals surface area (Å²) in [6.45, 7) is -0.520. The highest BCUT2D eigenvalue weighted by Gasteiger charge is 2.22. The molecule has 2 amide bonds. The first-order valence-electron chi connectivity index (χ1n) is 9.04. The van der Waals surface area contributed by atoms with E-state index in [4.69, 9.17) is 25.8 Å². The van der Waals surface area contributed by atoms with E-state index in [1.807, 2.05) is 0 Å². The minimum absolute atomic E-state index is 0.136. The van der Waals surface area contributed by atoms with E-state index in [1.54, 1.807) is 12.1 Å². The molecule has 1 saturated carbocycles. The molecule has 28 heavy (non-hydrogen) atoms. The first-order valence-corrected chi connectivity index (χ1v) is 9.42. The molecule has 1 fully saturated rings. The molecule has 152 valence electrons. The Labute approximate surface area is 169 Å². The molecule has 0 heterocycles. The molecule has 1 aliphatic rings. The van der Waals surface area contributed by atoms with Crippen molar-refractivity contribution in [2.75, 3.05) is 20.8 Å². The highest BCUT2D eigenvalue weighted by Crippen LogP contribution is 2.36. The molecular formula is C20H24ClNO6. The van der Waals surface area contributed by atoms with E-state index < -0.39 is 18.5 Å². The van der Waals surface area contributed by atoms with Crippen LogP contribution >= 0.6 is 11.6 Å². The Bertz CT molecular complexity index is 755. The monoisotopic (exact) mass is 409 g/mol. The van der Waals surface area contributed by atoms with Gasteiger partial charge in [-0.05, 0) is 36.6 Å². The molecule has 1 N–H and O–H groups in total. The van der Waals surface area contributed by atoms with Gasteiger partial charge in [0.25, 0.3) is 5.91 Å². The Morgan fingerprint density at radius 1 is 1.14 bits per heavy atom. The number of carbonyl (C=O) groups excluding carboxylic acids is 3. The van der Waals surface area contributed by atoms with Crippen molar-refractivity contribution in [1.29, 1.82) is 0 Å². The van der Waals surface area contributed by atoms with E-state index in [-0.39, 0.29) is 11.8 Å². The number of halogens is 1. The van der Waals surface area contributed by atoms with Gasteiger partial charge in [-0.1, -0.05) is 30.9 Å². The van der Waals surface area contributed by atoms with E-state index in [0.29, 0.717) is 22.1 Å². The third-order valence-electron chi connectivity index (χ3n) is 4.45. The van der Waals surface area contributed by atoms with Crippen molar-refractivity contribution in [3.8, 4) is 11.5 Å². The number of hydrogen-bond acceptors (Lipinski definition) is 6. The molecule has 1 aromatic rings. The number of ether oxygens (including phenoxy) is 3. The third kappa shape index (κ3) is 6.27. The Morgan fingerprint density at radius 2 is 1.86 bits per heavy atom. The molecule has 8 heteroatoms. The number of carbonyl (C=O) groups is 3. The van der Waals surface area contributed by atoms with Crippen LogP contribution in [-0.4, -0.2) is 38.6 Å². The summed E-state index contributed by atoms with van der Waals surface area (Å²) in [5.74, 6) is -0.969. The van der Waals surface area contributed by atoms with Crippen LogP contribution in [0.1, 0.15) is 37.7 Å². The van der Waals surface area contributed by atoms with Gasteiger partial charge in [-0.3, -0.25) is 14.9 Å². The van der Waals surface area contributed by atoms with Gasteiger partial charge in [0.2, 0.25) is 5.91 Å². The zero-order chi connectivity index (χ0) is 20.5. The van der Waals surface area contributed by atoms with E-state index in [0.717, 1.165) is 38.2 Å². The van der Waals surface area contributed by atoms with Crippen LogP contribution < -0.4 is 14.8 Å². The summed E-state index contributed by atoms with van der Waals surface area (Å²) in [7, 11) is 2.95. The quantitative estimate of drug-likeness (QED) is 0.549. The Kier molecular flexibility index (Phi) is 8.32. The van der Waals surface area contributed by atoms with Crippen LogP contribution in [0.2, 0.25) is 5.02 Å². The van der Waals surface area contributed by atoms with Crippen LogP contribution in [0.15, 0.2) is 18.2 Å². The van der Waals surface area contributed by atoms with Gasteiger partial charge in [0.1, 0.15) is 0 Å².